The topological polar surface area (TPSA) is 117 Å². The Bertz CT molecular complexity index is 1360. The quantitative estimate of drug-likeness (QED) is 0.557. The van der Waals surface area contributed by atoms with Crippen LogP contribution in [-0.4, -0.2) is 28.2 Å². The lowest BCUT2D eigenvalue weighted by molar-refractivity contribution is -0.118. The van der Waals surface area contributed by atoms with Crippen molar-refractivity contribution in [1.82, 2.24) is 0 Å². The number of hydrogen-bond donors (Lipinski definition) is 2. The van der Waals surface area contributed by atoms with Crippen LogP contribution in [0, 0.1) is 0 Å². The summed E-state index contributed by atoms with van der Waals surface area (Å²) in [6.45, 7) is 0.185. The van der Waals surface area contributed by atoms with E-state index in [1.54, 1.807) is 37.4 Å². The maximum Gasteiger partial charge on any atom is 0.238 e. The molecule has 176 valence electrons. The zero-order valence-electron chi connectivity index (χ0n) is 17.8. The van der Waals surface area contributed by atoms with Crippen molar-refractivity contribution in [2.24, 2.45) is 5.14 Å². The van der Waals surface area contributed by atoms with E-state index in [9.17, 15) is 13.2 Å². The molecule has 0 unspecified atom stereocenters. The van der Waals surface area contributed by atoms with Crippen LogP contribution < -0.4 is 24.7 Å². The standard InChI is InChI=1S/C24H22N2O6S.3H2/c1-30-20-9-5-17(13-19(20)15-2-6-18(7-3-15)33(25,28)29)26-23(27)24(10-11-24)16-4-8-21-22(12-16)32-14-31-21;;;/h2-9,12-13H,10-11,14H2,1H3,(H,26,27)(H2,25,28,29);3*1H. The molecule has 0 atom stereocenters. The van der Waals surface area contributed by atoms with Gasteiger partial charge in [-0.05, 0) is 66.4 Å². The van der Waals surface area contributed by atoms with E-state index in [-0.39, 0.29) is 21.9 Å². The summed E-state index contributed by atoms with van der Waals surface area (Å²) in [5.41, 5.74) is 2.35. The molecule has 1 heterocycles. The molecule has 5 rings (SSSR count). The van der Waals surface area contributed by atoms with E-state index in [1.807, 2.05) is 18.2 Å². The zero-order chi connectivity index (χ0) is 23.2. The Labute approximate surface area is 195 Å². The van der Waals surface area contributed by atoms with Gasteiger partial charge in [0.1, 0.15) is 5.75 Å². The summed E-state index contributed by atoms with van der Waals surface area (Å²) in [5.74, 6) is 1.83. The molecular formula is C24H28N2O6S. The lowest BCUT2D eigenvalue weighted by atomic mass is 9.94. The van der Waals surface area contributed by atoms with Gasteiger partial charge in [-0.2, -0.15) is 0 Å². The first-order valence-corrected chi connectivity index (χ1v) is 11.9. The van der Waals surface area contributed by atoms with Crippen molar-refractivity contribution in [2.45, 2.75) is 23.2 Å². The molecule has 33 heavy (non-hydrogen) atoms. The van der Waals surface area contributed by atoms with Crippen LogP contribution in [0.4, 0.5) is 5.69 Å². The molecule has 9 heteroatoms. The number of carbonyl (C=O) groups is 1. The van der Waals surface area contributed by atoms with Gasteiger partial charge in [-0.1, -0.05) is 18.2 Å². The highest BCUT2D eigenvalue weighted by Gasteiger charge is 2.51. The van der Waals surface area contributed by atoms with Gasteiger partial charge in [0, 0.05) is 15.5 Å². The first-order chi connectivity index (χ1) is 15.8. The van der Waals surface area contributed by atoms with E-state index in [0.29, 0.717) is 28.5 Å². The molecule has 1 aliphatic heterocycles. The van der Waals surface area contributed by atoms with Gasteiger partial charge in [0.25, 0.3) is 0 Å². The fraction of sp³-hybridized carbons (Fsp3) is 0.208. The van der Waals surface area contributed by atoms with E-state index in [4.69, 9.17) is 19.3 Å². The van der Waals surface area contributed by atoms with Crippen LogP contribution in [0.25, 0.3) is 11.1 Å². The summed E-state index contributed by atoms with van der Waals surface area (Å²) in [7, 11) is -2.24. The number of methoxy groups -OCH3 is 1. The minimum absolute atomic E-state index is 0. The number of ether oxygens (including phenoxy) is 3. The van der Waals surface area contributed by atoms with Crippen LogP contribution in [0.3, 0.4) is 0 Å². The highest BCUT2D eigenvalue weighted by molar-refractivity contribution is 7.89. The predicted octanol–water partition coefficient (Wildman–Crippen LogP) is 4.15. The molecule has 3 N–H and O–H groups in total. The van der Waals surface area contributed by atoms with Gasteiger partial charge in [0.05, 0.1) is 17.4 Å². The van der Waals surface area contributed by atoms with Crippen molar-refractivity contribution in [3.8, 4) is 28.4 Å². The molecule has 8 nitrogen and oxygen atoms in total. The van der Waals surface area contributed by atoms with Crippen molar-refractivity contribution in [3.05, 3.63) is 66.2 Å². The molecular weight excluding hydrogens is 444 g/mol. The minimum Gasteiger partial charge on any atom is -0.496 e. The molecule has 3 aromatic carbocycles. The lowest BCUT2D eigenvalue weighted by Gasteiger charge is -2.18. The summed E-state index contributed by atoms with van der Waals surface area (Å²) >= 11 is 0. The Morgan fingerprint density at radius 3 is 2.42 bits per heavy atom. The number of nitrogens with two attached hydrogens (primary N) is 1. The number of fused-ring (bicyclic) bond motifs is 1. The number of anilines is 1. The Morgan fingerprint density at radius 1 is 1.03 bits per heavy atom. The first kappa shape index (κ1) is 21.3. The largest absolute Gasteiger partial charge is 0.496 e. The van der Waals surface area contributed by atoms with E-state index in [1.165, 1.54) is 12.1 Å². The molecule has 0 bridgehead atoms. The van der Waals surface area contributed by atoms with Gasteiger partial charge in [-0.25, -0.2) is 13.6 Å². The number of sulfonamides is 1. The van der Waals surface area contributed by atoms with Gasteiger partial charge < -0.3 is 19.5 Å². The summed E-state index contributed by atoms with van der Waals surface area (Å²) < 4.78 is 39.4. The first-order valence-electron chi connectivity index (χ1n) is 10.3. The van der Waals surface area contributed by atoms with E-state index in [2.05, 4.69) is 5.32 Å². The summed E-state index contributed by atoms with van der Waals surface area (Å²) in [6, 6.07) is 17.1. The Hall–Kier alpha value is -3.56. The second-order valence-corrected chi connectivity index (χ2v) is 9.65. The second kappa shape index (κ2) is 7.79. The number of benzene rings is 3. The molecule has 1 aliphatic carbocycles. The molecule has 1 fully saturated rings. The molecule has 1 amide bonds. The van der Waals surface area contributed by atoms with Crippen LogP contribution in [0.2, 0.25) is 0 Å². The number of primary sulfonamides is 1. The highest BCUT2D eigenvalue weighted by atomic mass is 32.2. The van der Waals surface area contributed by atoms with Gasteiger partial charge >= 0.3 is 0 Å². The van der Waals surface area contributed by atoms with Gasteiger partial charge in [-0.3, -0.25) is 4.79 Å². The predicted molar refractivity (Wildman–Crippen MR) is 128 cm³/mol. The molecule has 3 aromatic rings. The molecule has 1 saturated carbocycles. The van der Waals surface area contributed by atoms with Crippen LogP contribution in [0.15, 0.2) is 65.6 Å². The Balaban J connectivity index is 0.00000152. The van der Waals surface area contributed by atoms with Crippen LogP contribution in [-0.2, 0) is 20.2 Å². The number of carbonyl (C=O) groups excluding carboxylic acids is 1. The summed E-state index contributed by atoms with van der Waals surface area (Å²) in [5, 5.41) is 8.22. The smallest absolute Gasteiger partial charge is 0.238 e. The maximum atomic E-state index is 13.3. The van der Waals surface area contributed by atoms with Crippen molar-refractivity contribution in [2.75, 3.05) is 19.2 Å². The summed E-state index contributed by atoms with van der Waals surface area (Å²) in [6.07, 6.45) is 1.49. The third kappa shape index (κ3) is 3.90. The maximum absolute atomic E-state index is 13.3. The van der Waals surface area contributed by atoms with Crippen LogP contribution in [0.5, 0.6) is 17.2 Å². The monoisotopic (exact) mass is 472 g/mol. The van der Waals surface area contributed by atoms with Crippen LogP contribution >= 0.6 is 0 Å². The lowest BCUT2D eigenvalue weighted by Crippen LogP contribution is -2.27. The van der Waals surface area contributed by atoms with Gasteiger partial charge in [0.15, 0.2) is 11.5 Å². The SMILES string of the molecule is COc1ccc(NC(=O)C2(c3ccc4c(c3)OCO4)CC2)cc1-c1ccc(S(N)(=O)=O)cc1.[HH].[HH].[HH]. The Kier molecular flexibility index (Phi) is 5.02. The fourth-order valence-electron chi connectivity index (χ4n) is 4.05. The molecule has 0 aromatic heterocycles. The number of amides is 1. The highest BCUT2D eigenvalue weighted by Crippen LogP contribution is 2.51. The number of rotatable bonds is 6. The molecule has 0 spiro atoms. The van der Waals surface area contributed by atoms with E-state index in [0.717, 1.165) is 24.0 Å². The zero-order valence-corrected chi connectivity index (χ0v) is 18.6. The van der Waals surface area contributed by atoms with Gasteiger partial charge in [-0.15, -0.1) is 0 Å². The molecule has 0 saturated heterocycles. The average molecular weight is 473 g/mol. The number of nitrogens with one attached hydrogen (secondary N) is 1. The second-order valence-electron chi connectivity index (χ2n) is 8.09. The summed E-state index contributed by atoms with van der Waals surface area (Å²) in [4.78, 5) is 13.3. The number of hydrogen-bond acceptors (Lipinski definition) is 6. The van der Waals surface area contributed by atoms with Crippen LogP contribution in [0.1, 0.15) is 22.7 Å². The average Bonchev–Trinajstić information content (AvgIpc) is 3.49. The van der Waals surface area contributed by atoms with E-state index < -0.39 is 15.4 Å². The Morgan fingerprint density at radius 2 is 1.76 bits per heavy atom. The fourth-order valence-corrected chi connectivity index (χ4v) is 4.57. The normalized spacial score (nSPS) is 15.7. The minimum atomic E-state index is -3.79. The molecule has 2 aliphatic rings. The van der Waals surface area contributed by atoms with E-state index >= 15 is 0 Å². The third-order valence-corrected chi connectivity index (χ3v) is 6.99. The van der Waals surface area contributed by atoms with Crippen molar-refractivity contribution < 1.29 is 31.7 Å². The molecule has 0 radical (unpaired) electrons. The van der Waals surface area contributed by atoms with Gasteiger partial charge in [0.2, 0.25) is 22.7 Å². The third-order valence-electron chi connectivity index (χ3n) is 6.06. The van der Waals surface area contributed by atoms with Crippen molar-refractivity contribution >= 4 is 21.6 Å². The van der Waals surface area contributed by atoms with Crippen molar-refractivity contribution in [3.63, 3.8) is 0 Å². The van der Waals surface area contributed by atoms with Crippen molar-refractivity contribution in [1.29, 1.82) is 0 Å².